The van der Waals surface area contributed by atoms with Gasteiger partial charge >= 0.3 is 0 Å². The number of methoxy groups -OCH3 is 1. The van der Waals surface area contributed by atoms with Gasteiger partial charge in [-0.25, -0.2) is 0 Å². The molecule has 7 heteroatoms. The Bertz CT molecular complexity index is 915. The van der Waals surface area contributed by atoms with Crippen LogP contribution in [0.15, 0.2) is 47.4 Å². The number of rotatable bonds is 6. The average molecular weight is 413 g/mol. The van der Waals surface area contributed by atoms with Gasteiger partial charge in [-0.2, -0.15) is 0 Å². The van der Waals surface area contributed by atoms with Crippen LogP contribution in [0.5, 0.6) is 5.75 Å². The molecule has 2 saturated heterocycles. The van der Waals surface area contributed by atoms with Gasteiger partial charge in [0.2, 0.25) is 0 Å². The highest BCUT2D eigenvalue weighted by molar-refractivity contribution is 7.10. The summed E-state index contributed by atoms with van der Waals surface area (Å²) in [4.78, 5) is 30.6. The number of carbonyl (C=O) groups excluding carboxylic acids is 2. The predicted octanol–water partition coefficient (Wildman–Crippen LogP) is 3.27. The third kappa shape index (κ3) is 3.80. The van der Waals surface area contributed by atoms with Crippen molar-refractivity contribution in [3.05, 3.63) is 57.8 Å². The maximum atomic E-state index is 12.9. The van der Waals surface area contributed by atoms with Gasteiger partial charge in [-0.15, -0.1) is 11.3 Å². The van der Waals surface area contributed by atoms with Crippen molar-refractivity contribution in [2.75, 3.05) is 33.3 Å². The van der Waals surface area contributed by atoms with Crippen LogP contribution in [0.4, 0.5) is 0 Å². The Hall–Kier alpha value is -2.64. The Morgan fingerprint density at radius 1 is 1.14 bits per heavy atom. The molecule has 4 rings (SSSR count). The second-order valence-corrected chi connectivity index (χ2v) is 8.26. The van der Waals surface area contributed by atoms with E-state index in [-0.39, 0.29) is 11.3 Å². The van der Waals surface area contributed by atoms with Crippen molar-refractivity contribution in [2.45, 2.75) is 18.9 Å². The molecule has 152 valence electrons. The zero-order valence-corrected chi connectivity index (χ0v) is 17.2. The van der Waals surface area contributed by atoms with Gasteiger partial charge in [-0.1, -0.05) is 6.07 Å². The van der Waals surface area contributed by atoms with Crippen molar-refractivity contribution >= 4 is 28.8 Å². The third-order valence-corrected chi connectivity index (χ3v) is 6.50. The Balaban J connectivity index is 1.70. The fourth-order valence-corrected chi connectivity index (χ4v) is 4.86. The highest BCUT2D eigenvalue weighted by atomic mass is 32.1. The van der Waals surface area contributed by atoms with Crippen LogP contribution in [0.1, 0.15) is 29.3 Å². The summed E-state index contributed by atoms with van der Waals surface area (Å²) < 4.78 is 5.16. The van der Waals surface area contributed by atoms with Crippen LogP contribution in [-0.4, -0.2) is 59.9 Å². The summed E-state index contributed by atoms with van der Waals surface area (Å²) in [5.74, 6) is -0.661. The molecule has 2 aliphatic heterocycles. The number of ether oxygens (including phenoxy) is 1. The summed E-state index contributed by atoms with van der Waals surface area (Å²) in [6.07, 6.45) is 2.34. The minimum absolute atomic E-state index is 0.145. The number of Topliss-reactive ketones (excluding diaryl/α,β-unsaturated/α-hetero) is 1. The van der Waals surface area contributed by atoms with Crippen molar-refractivity contribution in [1.82, 2.24) is 9.80 Å². The van der Waals surface area contributed by atoms with Crippen LogP contribution < -0.4 is 4.74 Å². The molecule has 1 aromatic heterocycles. The topological polar surface area (TPSA) is 70.1 Å². The molecular formula is C22H24N2O4S. The number of amides is 1. The Labute approximate surface area is 174 Å². The van der Waals surface area contributed by atoms with Crippen molar-refractivity contribution in [2.24, 2.45) is 0 Å². The quantitative estimate of drug-likeness (QED) is 0.448. The summed E-state index contributed by atoms with van der Waals surface area (Å²) in [5.41, 5.74) is 0.647. The number of aliphatic hydroxyl groups excluding tert-OH is 1. The van der Waals surface area contributed by atoms with Crippen molar-refractivity contribution in [3.63, 3.8) is 0 Å². The number of thiophene rings is 1. The van der Waals surface area contributed by atoms with Gasteiger partial charge in [0.15, 0.2) is 0 Å². The van der Waals surface area contributed by atoms with Gasteiger partial charge in [-0.05, 0) is 61.6 Å². The minimum Gasteiger partial charge on any atom is -0.507 e. The van der Waals surface area contributed by atoms with Crippen LogP contribution in [0.2, 0.25) is 0 Å². The van der Waals surface area contributed by atoms with Gasteiger partial charge in [0.1, 0.15) is 11.5 Å². The number of aliphatic hydroxyl groups is 1. The summed E-state index contributed by atoms with van der Waals surface area (Å²) in [5, 5.41) is 12.9. The minimum atomic E-state index is -0.627. The van der Waals surface area contributed by atoms with Gasteiger partial charge < -0.3 is 19.6 Å². The van der Waals surface area contributed by atoms with Crippen molar-refractivity contribution in [1.29, 1.82) is 0 Å². The summed E-state index contributed by atoms with van der Waals surface area (Å²) >= 11 is 1.48. The molecule has 1 N–H and O–H groups in total. The molecule has 2 aromatic rings. The Morgan fingerprint density at radius 3 is 2.48 bits per heavy atom. The summed E-state index contributed by atoms with van der Waals surface area (Å²) in [6.45, 7) is 3.25. The number of hydrogen-bond donors (Lipinski definition) is 1. The number of benzene rings is 1. The molecule has 0 spiro atoms. The first-order valence-electron chi connectivity index (χ1n) is 9.78. The van der Waals surface area contributed by atoms with Crippen LogP contribution in [-0.2, 0) is 9.59 Å². The number of likely N-dealkylation sites (tertiary alicyclic amines) is 2. The molecule has 0 aliphatic carbocycles. The number of ketones is 1. The maximum Gasteiger partial charge on any atom is 0.295 e. The highest BCUT2D eigenvalue weighted by Gasteiger charge is 2.46. The Kier molecular flexibility index (Phi) is 5.69. The molecular weight excluding hydrogens is 388 g/mol. The van der Waals surface area contributed by atoms with Crippen LogP contribution >= 0.6 is 11.3 Å². The van der Waals surface area contributed by atoms with Gasteiger partial charge in [-0.3, -0.25) is 9.59 Å². The van der Waals surface area contributed by atoms with E-state index in [0.717, 1.165) is 24.5 Å². The first-order chi connectivity index (χ1) is 14.1. The molecule has 1 aromatic carbocycles. The monoisotopic (exact) mass is 412 g/mol. The van der Waals surface area contributed by atoms with Gasteiger partial charge in [0, 0.05) is 23.5 Å². The van der Waals surface area contributed by atoms with Crippen LogP contribution in [0.3, 0.4) is 0 Å². The van der Waals surface area contributed by atoms with E-state index in [0.29, 0.717) is 17.9 Å². The zero-order chi connectivity index (χ0) is 20.4. The number of carbonyl (C=O) groups is 2. The van der Waals surface area contributed by atoms with Crippen LogP contribution in [0, 0.1) is 0 Å². The molecule has 0 radical (unpaired) electrons. The first-order valence-corrected chi connectivity index (χ1v) is 10.7. The lowest BCUT2D eigenvalue weighted by atomic mass is 10.00. The highest BCUT2D eigenvalue weighted by Crippen LogP contribution is 2.41. The van der Waals surface area contributed by atoms with Gasteiger partial charge in [0.05, 0.1) is 18.7 Å². The van der Waals surface area contributed by atoms with Gasteiger partial charge in [0.25, 0.3) is 11.7 Å². The van der Waals surface area contributed by atoms with E-state index >= 15 is 0 Å². The molecule has 1 amide bonds. The standard InChI is InChI=1S/C22H24N2O4S/c1-28-16-8-6-15(7-9-16)20(25)18-19(17-5-4-14-29-17)24(22(27)21(18)26)13-12-23-10-2-3-11-23/h4-9,14,19,25H,2-3,10-13H2,1H3/b20-18+. The fraction of sp³-hybridized carbons (Fsp3) is 0.364. The van der Waals surface area contributed by atoms with E-state index in [4.69, 9.17) is 4.74 Å². The lowest BCUT2D eigenvalue weighted by molar-refractivity contribution is -0.140. The zero-order valence-electron chi connectivity index (χ0n) is 16.3. The average Bonchev–Trinajstić information content (AvgIpc) is 3.49. The van der Waals surface area contributed by atoms with Crippen molar-refractivity contribution < 1.29 is 19.4 Å². The largest absolute Gasteiger partial charge is 0.507 e. The number of hydrogen-bond acceptors (Lipinski definition) is 6. The normalized spacial score (nSPS) is 21.8. The van der Waals surface area contributed by atoms with E-state index < -0.39 is 17.7 Å². The second kappa shape index (κ2) is 8.39. The molecule has 1 unspecified atom stereocenters. The predicted molar refractivity (Wildman–Crippen MR) is 112 cm³/mol. The summed E-state index contributed by atoms with van der Waals surface area (Å²) in [7, 11) is 1.57. The fourth-order valence-electron chi connectivity index (χ4n) is 4.01. The molecule has 29 heavy (non-hydrogen) atoms. The SMILES string of the molecule is COc1ccc(/C(O)=C2\C(=O)C(=O)N(CCN3CCCC3)C2c2cccs2)cc1. The lowest BCUT2D eigenvalue weighted by Gasteiger charge is -2.26. The molecule has 6 nitrogen and oxygen atoms in total. The van der Waals surface area contributed by atoms with E-state index in [1.165, 1.54) is 24.2 Å². The van der Waals surface area contributed by atoms with Crippen molar-refractivity contribution in [3.8, 4) is 5.75 Å². The molecule has 0 saturated carbocycles. The lowest BCUT2D eigenvalue weighted by Crippen LogP contribution is -2.36. The molecule has 2 aliphatic rings. The Morgan fingerprint density at radius 2 is 1.86 bits per heavy atom. The van der Waals surface area contributed by atoms with E-state index in [2.05, 4.69) is 4.90 Å². The maximum absolute atomic E-state index is 12.9. The van der Waals surface area contributed by atoms with E-state index in [1.54, 1.807) is 36.3 Å². The molecule has 0 bridgehead atoms. The second-order valence-electron chi connectivity index (χ2n) is 7.29. The number of nitrogens with zero attached hydrogens (tertiary/aromatic N) is 2. The molecule has 1 atom stereocenters. The third-order valence-electron chi connectivity index (χ3n) is 5.57. The van der Waals surface area contributed by atoms with E-state index in [1.807, 2.05) is 17.5 Å². The smallest absolute Gasteiger partial charge is 0.295 e. The van der Waals surface area contributed by atoms with E-state index in [9.17, 15) is 14.7 Å². The summed E-state index contributed by atoms with van der Waals surface area (Å²) in [6, 6.07) is 10.1. The molecule has 3 heterocycles. The molecule has 2 fully saturated rings. The van der Waals surface area contributed by atoms with Crippen LogP contribution in [0.25, 0.3) is 5.76 Å². The first kappa shape index (κ1) is 19.7.